The maximum atomic E-state index is 13.5. The summed E-state index contributed by atoms with van der Waals surface area (Å²) in [6, 6.07) is 15.0. The highest BCUT2D eigenvalue weighted by molar-refractivity contribution is 8.00. The molecule has 1 fully saturated rings. The van der Waals surface area contributed by atoms with Crippen molar-refractivity contribution in [2.45, 2.75) is 55.5 Å². The first kappa shape index (κ1) is 23.7. The summed E-state index contributed by atoms with van der Waals surface area (Å²) in [5.74, 6) is -0.253. The number of aromatic hydroxyl groups is 1. The van der Waals surface area contributed by atoms with Crippen molar-refractivity contribution in [1.82, 2.24) is 10.2 Å². The average molecular weight is 457 g/mol. The topological polar surface area (TPSA) is 95.9 Å². The quantitative estimate of drug-likeness (QED) is 0.687. The predicted octanol–water partition coefficient (Wildman–Crippen LogP) is 3.75. The van der Waals surface area contributed by atoms with E-state index in [1.165, 1.54) is 28.8 Å². The van der Waals surface area contributed by atoms with Gasteiger partial charge in [-0.15, -0.1) is 0 Å². The zero-order chi connectivity index (χ0) is 23.3. The number of phenolic OH excluding ortho intramolecular Hbond substituents is 1. The number of amides is 2. The minimum absolute atomic E-state index is 0.0205. The van der Waals surface area contributed by atoms with Crippen LogP contribution in [0.4, 0.5) is 4.79 Å². The molecule has 0 unspecified atom stereocenters. The third-order valence-corrected chi connectivity index (χ3v) is 6.08. The lowest BCUT2D eigenvalue weighted by Gasteiger charge is -2.29. The molecule has 0 aromatic heterocycles. The molecule has 0 radical (unpaired) electrons. The van der Waals surface area contributed by atoms with Crippen LogP contribution in [0.25, 0.3) is 0 Å². The number of nitrogens with zero attached hydrogens (tertiary/aromatic N) is 1. The second-order valence-electron chi connectivity index (χ2n) is 8.60. The fourth-order valence-electron chi connectivity index (χ4n) is 3.35. The number of carbonyl (C=O) groups excluding carboxylic acids is 3. The molecule has 1 heterocycles. The fraction of sp³-hybridized carbons (Fsp3) is 0.375. The molecule has 1 saturated heterocycles. The summed E-state index contributed by atoms with van der Waals surface area (Å²) in [5, 5.41) is 11.6. The van der Waals surface area contributed by atoms with Gasteiger partial charge in [-0.3, -0.25) is 9.59 Å². The van der Waals surface area contributed by atoms with E-state index in [0.29, 0.717) is 6.54 Å². The molecule has 8 heteroatoms. The number of hydrogen-bond acceptors (Lipinski definition) is 6. The van der Waals surface area contributed by atoms with Crippen LogP contribution < -0.4 is 5.32 Å². The monoisotopic (exact) mass is 456 g/mol. The molecule has 1 aliphatic heterocycles. The Morgan fingerprint density at radius 2 is 1.81 bits per heavy atom. The van der Waals surface area contributed by atoms with E-state index in [9.17, 15) is 19.5 Å². The van der Waals surface area contributed by atoms with Gasteiger partial charge in [0.1, 0.15) is 22.8 Å². The van der Waals surface area contributed by atoms with Gasteiger partial charge in [0.2, 0.25) is 5.91 Å². The zero-order valence-corrected chi connectivity index (χ0v) is 19.2. The summed E-state index contributed by atoms with van der Waals surface area (Å²) in [6.07, 6.45) is -0.229. The van der Waals surface area contributed by atoms with Crippen molar-refractivity contribution in [1.29, 1.82) is 0 Å². The van der Waals surface area contributed by atoms with Gasteiger partial charge in [-0.25, -0.2) is 4.79 Å². The van der Waals surface area contributed by atoms with Crippen LogP contribution in [-0.4, -0.2) is 51.4 Å². The molecule has 2 atom stereocenters. The van der Waals surface area contributed by atoms with E-state index < -0.39 is 23.1 Å². The minimum atomic E-state index is -0.917. The summed E-state index contributed by atoms with van der Waals surface area (Å²) in [5.41, 5.74) is 0.0425. The Hall–Kier alpha value is -3.00. The van der Waals surface area contributed by atoms with Crippen molar-refractivity contribution < 1.29 is 24.2 Å². The van der Waals surface area contributed by atoms with Crippen LogP contribution in [0.2, 0.25) is 0 Å². The summed E-state index contributed by atoms with van der Waals surface area (Å²) < 4.78 is 5.35. The smallest absolute Gasteiger partial charge is 0.408 e. The van der Waals surface area contributed by atoms with Gasteiger partial charge in [-0.2, -0.15) is 0 Å². The molecular weight excluding hydrogens is 428 g/mol. The number of carbonyl (C=O) groups is 3. The second kappa shape index (κ2) is 10.1. The number of benzene rings is 2. The van der Waals surface area contributed by atoms with Crippen molar-refractivity contribution in [2.75, 3.05) is 6.54 Å². The number of rotatable bonds is 6. The van der Waals surface area contributed by atoms with Crippen molar-refractivity contribution in [3.8, 4) is 5.75 Å². The van der Waals surface area contributed by atoms with Crippen LogP contribution in [0.3, 0.4) is 0 Å². The maximum Gasteiger partial charge on any atom is 0.408 e. The Morgan fingerprint density at radius 1 is 1.16 bits per heavy atom. The van der Waals surface area contributed by atoms with Gasteiger partial charge in [0.25, 0.3) is 0 Å². The Labute approximate surface area is 192 Å². The summed E-state index contributed by atoms with van der Waals surface area (Å²) >= 11 is 1.33. The first-order chi connectivity index (χ1) is 15.1. The molecule has 7 nitrogen and oxygen atoms in total. The highest BCUT2D eigenvalue weighted by Gasteiger charge is 2.40. The number of Topliss-reactive ketones (excluding diaryl/α,β-unsaturated/α-hetero) is 1. The number of nitrogens with one attached hydrogen (secondary N) is 1. The van der Waals surface area contributed by atoms with Gasteiger partial charge in [0, 0.05) is 24.3 Å². The van der Waals surface area contributed by atoms with E-state index in [1.54, 1.807) is 32.9 Å². The standard InChI is InChI=1S/C24H28N2O5S/c1-24(2,3)31-23(30)25-19(15-16-9-11-17(27)12-10-16)21(29)26-14-13-20(28)22(26)32-18-7-5-4-6-8-18/h4-12,19,22,27H,13-15H2,1-3H3,(H,25,30)/t19-,22+/m0/s1. The number of ether oxygens (including phenoxy) is 1. The van der Waals surface area contributed by atoms with Gasteiger partial charge in [-0.05, 0) is 50.6 Å². The van der Waals surface area contributed by atoms with Gasteiger partial charge >= 0.3 is 6.09 Å². The number of ketones is 1. The summed E-state index contributed by atoms with van der Waals surface area (Å²) in [6.45, 7) is 5.53. The van der Waals surface area contributed by atoms with E-state index >= 15 is 0 Å². The lowest BCUT2D eigenvalue weighted by molar-refractivity contribution is -0.134. The third kappa shape index (κ3) is 6.50. The van der Waals surface area contributed by atoms with Crippen molar-refractivity contribution in [3.05, 3.63) is 60.2 Å². The molecule has 2 aromatic rings. The predicted molar refractivity (Wildman–Crippen MR) is 122 cm³/mol. The molecule has 0 spiro atoms. The Kier molecular flexibility index (Phi) is 7.45. The van der Waals surface area contributed by atoms with E-state index in [2.05, 4.69) is 5.32 Å². The minimum Gasteiger partial charge on any atom is -0.508 e. The zero-order valence-electron chi connectivity index (χ0n) is 18.4. The molecular formula is C24H28N2O5S. The van der Waals surface area contributed by atoms with Gasteiger partial charge in [-0.1, -0.05) is 42.1 Å². The number of alkyl carbamates (subject to hydrolysis) is 1. The van der Waals surface area contributed by atoms with Crippen molar-refractivity contribution >= 4 is 29.5 Å². The second-order valence-corrected chi connectivity index (χ2v) is 9.75. The summed E-state index contributed by atoms with van der Waals surface area (Å²) in [7, 11) is 0. The Bertz CT molecular complexity index is 957. The number of phenols is 1. The summed E-state index contributed by atoms with van der Waals surface area (Å²) in [4.78, 5) is 40.9. The molecule has 3 rings (SSSR count). The average Bonchev–Trinajstić information content (AvgIpc) is 3.08. The molecule has 2 N–H and O–H groups in total. The normalized spacial score (nSPS) is 17.2. The molecule has 2 amide bonds. The lowest BCUT2D eigenvalue weighted by Crippen LogP contribution is -2.52. The Balaban J connectivity index is 1.81. The largest absolute Gasteiger partial charge is 0.508 e. The lowest BCUT2D eigenvalue weighted by atomic mass is 10.0. The van der Waals surface area contributed by atoms with Gasteiger partial charge in [0.05, 0.1) is 0 Å². The van der Waals surface area contributed by atoms with Crippen LogP contribution in [0.1, 0.15) is 32.8 Å². The van der Waals surface area contributed by atoms with Crippen LogP contribution in [-0.2, 0) is 20.7 Å². The van der Waals surface area contributed by atoms with E-state index in [1.807, 2.05) is 30.3 Å². The molecule has 32 heavy (non-hydrogen) atoms. The molecule has 170 valence electrons. The number of hydrogen-bond donors (Lipinski definition) is 2. The van der Waals surface area contributed by atoms with Crippen LogP contribution in [0, 0.1) is 0 Å². The fourth-order valence-corrected chi connectivity index (χ4v) is 4.50. The van der Waals surface area contributed by atoms with E-state index in [0.717, 1.165) is 10.5 Å². The molecule has 1 aliphatic rings. The molecule has 0 aliphatic carbocycles. The Morgan fingerprint density at radius 3 is 2.44 bits per heavy atom. The van der Waals surface area contributed by atoms with Gasteiger partial charge in [0.15, 0.2) is 5.78 Å². The first-order valence-electron chi connectivity index (χ1n) is 10.4. The molecule has 0 bridgehead atoms. The first-order valence-corrected chi connectivity index (χ1v) is 11.3. The van der Waals surface area contributed by atoms with Crippen LogP contribution in [0.15, 0.2) is 59.5 Å². The van der Waals surface area contributed by atoms with Crippen molar-refractivity contribution in [3.63, 3.8) is 0 Å². The molecule has 2 aromatic carbocycles. The highest BCUT2D eigenvalue weighted by Crippen LogP contribution is 2.31. The van der Waals surface area contributed by atoms with Crippen LogP contribution in [0.5, 0.6) is 5.75 Å². The highest BCUT2D eigenvalue weighted by atomic mass is 32.2. The third-order valence-electron chi connectivity index (χ3n) is 4.80. The SMILES string of the molecule is CC(C)(C)OC(=O)N[C@@H](Cc1ccc(O)cc1)C(=O)N1CCC(=O)[C@H]1Sc1ccccc1. The van der Waals surface area contributed by atoms with E-state index in [4.69, 9.17) is 4.74 Å². The number of thioether (sulfide) groups is 1. The maximum absolute atomic E-state index is 13.5. The van der Waals surface area contributed by atoms with Crippen LogP contribution >= 0.6 is 11.8 Å². The number of likely N-dealkylation sites (tertiary alicyclic amines) is 1. The molecule has 0 saturated carbocycles. The van der Waals surface area contributed by atoms with Crippen molar-refractivity contribution in [2.24, 2.45) is 0 Å². The van der Waals surface area contributed by atoms with E-state index in [-0.39, 0.29) is 30.3 Å². The van der Waals surface area contributed by atoms with Gasteiger partial charge < -0.3 is 20.1 Å².